The molecule has 0 unspecified atom stereocenters. The maximum atomic E-state index is 10.7. The molecular weight excluding hydrogens is 244 g/mol. The van der Waals surface area contributed by atoms with Gasteiger partial charge in [0.15, 0.2) is 0 Å². The van der Waals surface area contributed by atoms with Crippen molar-refractivity contribution in [2.45, 2.75) is 115 Å². The molecule has 0 aromatic carbocycles. The molecule has 0 amide bonds. The molecule has 116 valence electrons. The summed E-state index contributed by atoms with van der Waals surface area (Å²) in [7, 11) is 0. The molecule has 20 heavy (non-hydrogen) atoms. The molecule has 0 aliphatic carbocycles. The molecule has 2 aliphatic heterocycles. The van der Waals surface area contributed by atoms with Crippen LogP contribution in [0, 0.1) is 0 Å². The van der Waals surface area contributed by atoms with Crippen molar-refractivity contribution in [3.05, 3.63) is 5.53 Å². The van der Waals surface area contributed by atoms with E-state index in [1.54, 1.807) is 0 Å². The molecule has 0 aromatic rings. The first-order valence-electron chi connectivity index (χ1n) is 9.35. The van der Waals surface area contributed by atoms with Crippen molar-refractivity contribution in [1.29, 1.82) is 0 Å². The lowest BCUT2D eigenvalue weighted by Gasteiger charge is -2.26. The molecule has 0 atom stereocenters. The summed E-state index contributed by atoms with van der Waals surface area (Å²) >= 11 is 0. The topological polar surface area (TPSA) is 25.3 Å². The summed E-state index contributed by atoms with van der Waals surface area (Å²) < 4.78 is 1.82. The Morgan fingerprint density at radius 1 is 0.450 bits per heavy atom. The molecule has 2 aliphatic rings. The van der Waals surface area contributed by atoms with E-state index in [0.29, 0.717) is 12.1 Å². The molecule has 0 spiro atoms. The van der Waals surface area contributed by atoms with Gasteiger partial charge in [0.2, 0.25) is 0 Å². The fraction of sp³-hybridized carbons (Fsp3) is 1.00. The van der Waals surface area contributed by atoms with Gasteiger partial charge in [-0.1, -0.05) is 51.4 Å². The van der Waals surface area contributed by atoms with Gasteiger partial charge < -0.3 is 10.2 Å². The van der Waals surface area contributed by atoms with Crippen molar-refractivity contribution in [1.82, 2.24) is 0 Å². The molecule has 2 saturated heterocycles. The van der Waals surface area contributed by atoms with Crippen LogP contribution in [0.5, 0.6) is 0 Å². The van der Waals surface area contributed by atoms with E-state index in [9.17, 15) is 5.53 Å². The maximum absolute atomic E-state index is 10.7. The van der Waals surface area contributed by atoms with Gasteiger partial charge in [0, 0.05) is 25.7 Å². The molecule has 2 heteroatoms. The van der Waals surface area contributed by atoms with Gasteiger partial charge in [0.1, 0.15) is 12.1 Å². The Morgan fingerprint density at radius 2 is 0.700 bits per heavy atom. The zero-order chi connectivity index (χ0) is 14.0. The Kier molecular flexibility index (Phi) is 7.61. The van der Waals surface area contributed by atoms with E-state index in [2.05, 4.69) is 0 Å². The summed E-state index contributed by atoms with van der Waals surface area (Å²) in [5, 5.41) is 0. The summed E-state index contributed by atoms with van der Waals surface area (Å²) in [6.07, 6.45) is 21.2. The lowest BCUT2D eigenvalue weighted by Crippen LogP contribution is -2.33. The smallest absolute Gasteiger partial charge is 0.141 e. The van der Waals surface area contributed by atoms with Crippen molar-refractivity contribution >= 4 is 0 Å². The molecule has 2 heterocycles. The molecule has 2 rings (SSSR count). The summed E-state index contributed by atoms with van der Waals surface area (Å²) in [6.45, 7) is 0. The maximum Gasteiger partial charge on any atom is 0.141 e. The van der Waals surface area contributed by atoms with Crippen LogP contribution in [0.25, 0.3) is 5.53 Å². The summed E-state index contributed by atoms with van der Waals surface area (Å²) in [6, 6.07) is 0.882. The fourth-order valence-electron chi connectivity index (χ4n) is 4.05. The van der Waals surface area contributed by atoms with Crippen molar-refractivity contribution in [3.8, 4) is 0 Å². The van der Waals surface area contributed by atoms with E-state index in [4.69, 9.17) is 0 Å². The second-order valence-electron chi connectivity index (χ2n) is 7.08. The quantitative estimate of drug-likeness (QED) is 0.484. The van der Waals surface area contributed by atoms with Crippen LogP contribution in [0.2, 0.25) is 0 Å². The van der Waals surface area contributed by atoms with Gasteiger partial charge in [0.05, 0.1) is 0 Å². The molecule has 0 aromatic heterocycles. The number of hydrogen-bond donors (Lipinski definition) is 0. The Morgan fingerprint density at radius 3 is 1.00 bits per heavy atom. The summed E-state index contributed by atoms with van der Waals surface area (Å²) in [5.41, 5.74) is 10.7. The Labute approximate surface area is 125 Å². The minimum atomic E-state index is 0.441. The van der Waals surface area contributed by atoms with E-state index in [-0.39, 0.29) is 0 Å². The van der Waals surface area contributed by atoms with Gasteiger partial charge in [-0.15, -0.1) is 0 Å². The van der Waals surface area contributed by atoms with Crippen molar-refractivity contribution in [2.75, 3.05) is 0 Å². The zero-order valence-corrected chi connectivity index (χ0v) is 13.4. The Balaban J connectivity index is 2.00. The summed E-state index contributed by atoms with van der Waals surface area (Å²) in [4.78, 5) is 0. The zero-order valence-electron chi connectivity index (χ0n) is 13.4. The standard InChI is InChI=1S/C18H34N2/c19-20-17-13-9-5-1-2-6-10-14-18(20)16-12-8-4-3-7-11-15-17/h17-18H,1-16H2. The SMILES string of the molecule is [N-]=[N+]1C2CCCCCCCCC1CCCCCCCC2. The molecule has 0 radical (unpaired) electrons. The molecular formula is C18H34N2. The monoisotopic (exact) mass is 278 g/mol. The summed E-state index contributed by atoms with van der Waals surface area (Å²) in [5.74, 6) is 0. The van der Waals surface area contributed by atoms with Crippen LogP contribution >= 0.6 is 0 Å². The molecule has 0 saturated carbocycles. The first-order valence-corrected chi connectivity index (χ1v) is 9.35. The van der Waals surface area contributed by atoms with Gasteiger partial charge in [-0.3, -0.25) is 0 Å². The van der Waals surface area contributed by atoms with Crippen molar-refractivity contribution in [2.24, 2.45) is 0 Å². The van der Waals surface area contributed by atoms with Gasteiger partial charge in [-0.05, 0) is 25.7 Å². The van der Waals surface area contributed by atoms with Crippen molar-refractivity contribution in [3.63, 3.8) is 0 Å². The average Bonchev–Trinajstić information content (AvgIpc) is 2.52. The predicted molar refractivity (Wildman–Crippen MR) is 85.1 cm³/mol. The van der Waals surface area contributed by atoms with Gasteiger partial charge in [-0.2, -0.15) is 0 Å². The van der Waals surface area contributed by atoms with Crippen LogP contribution in [-0.2, 0) is 0 Å². The van der Waals surface area contributed by atoms with Crippen molar-refractivity contribution < 1.29 is 4.70 Å². The van der Waals surface area contributed by atoms with Gasteiger partial charge in [-0.25, -0.2) is 0 Å². The van der Waals surface area contributed by atoms with Crippen LogP contribution in [0.1, 0.15) is 103 Å². The third kappa shape index (κ3) is 5.54. The Bertz CT molecular complexity index is 229. The number of hydrogen-bond acceptors (Lipinski definition) is 0. The van der Waals surface area contributed by atoms with E-state index < -0.39 is 0 Å². The molecule has 2 fully saturated rings. The number of fused-ring (bicyclic) bond motifs is 2. The highest BCUT2D eigenvalue weighted by atomic mass is 15.2. The lowest BCUT2D eigenvalue weighted by atomic mass is 9.99. The highest BCUT2D eigenvalue weighted by Crippen LogP contribution is 2.25. The number of nitrogens with zero attached hydrogens (tertiary/aromatic N) is 2. The normalized spacial score (nSPS) is 31.9. The first kappa shape index (κ1) is 16.0. The Hall–Kier alpha value is -0.400. The highest BCUT2D eigenvalue weighted by molar-refractivity contribution is 4.66. The number of rotatable bonds is 0. The van der Waals surface area contributed by atoms with E-state index in [1.807, 2.05) is 4.70 Å². The van der Waals surface area contributed by atoms with Crippen LogP contribution in [-0.4, -0.2) is 16.8 Å². The third-order valence-electron chi connectivity index (χ3n) is 5.40. The third-order valence-corrected chi connectivity index (χ3v) is 5.40. The predicted octanol–water partition coefficient (Wildman–Crippen LogP) is 6.03. The average molecular weight is 278 g/mol. The van der Waals surface area contributed by atoms with Crippen LogP contribution in [0.15, 0.2) is 0 Å². The fourth-order valence-corrected chi connectivity index (χ4v) is 4.05. The van der Waals surface area contributed by atoms with Gasteiger partial charge >= 0.3 is 0 Å². The minimum Gasteiger partial charge on any atom is -0.506 e. The largest absolute Gasteiger partial charge is 0.506 e. The van der Waals surface area contributed by atoms with E-state index >= 15 is 0 Å². The minimum absolute atomic E-state index is 0.441. The molecule has 0 N–H and O–H groups in total. The van der Waals surface area contributed by atoms with Gasteiger partial charge in [0.25, 0.3) is 0 Å². The second kappa shape index (κ2) is 9.52. The van der Waals surface area contributed by atoms with Crippen LogP contribution < -0.4 is 0 Å². The molecule has 2 nitrogen and oxygen atoms in total. The van der Waals surface area contributed by atoms with Crippen LogP contribution in [0.3, 0.4) is 0 Å². The van der Waals surface area contributed by atoms with E-state index in [0.717, 1.165) is 0 Å². The highest BCUT2D eigenvalue weighted by Gasteiger charge is 2.24. The second-order valence-corrected chi connectivity index (χ2v) is 7.08. The van der Waals surface area contributed by atoms with E-state index in [1.165, 1.54) is 103 Å². The van der Waals surface area contributed by atoms with Crippen LogP contribution in [0.4, 0.5) is 0 Å². The molecule has 2 bridgehead atoms. The first-order chi connectivity index (χ1) is 9.88. The lowest BCUT2D eigenvalue weighted by molar-refractivity contribution is -0.624.